The average Bonchev–Trinajstić information content (AvgIpc) is 3.36. The van der Waals surface area contributed by atoms with Crippen molar-refractivity contribution in [2.45, 2.75) is 45.4 Å². The lowest BCUT2D eigenvalue weighted by Crippen LogP contribution is -2.51. The first-order chi connectivity index (χ1) is 17.6. The molecule has 0 bridgehead atoms. The summed E-state index contributed by atoms with van der Waals surface area (Å²) in [5.74, 6) is -0.279. The molecule has 0 saturated carbocycles. The Labute approximate surface area is 224 Å². The number of β-amino-alcohol motifs (C(OH)–C–C–N with tert-alkyl or cyclic N) is 1. The number of carbonyl (C=O) groups excluding carboxylic acids is 2. The van der Waals surface area contributed by atoms with Crippen LogP contribution in [0.15, 0.2) is 24.5 Å². The van der Waals surface area contributed by atoms with Crippen LogP contribution in [-0.4, -0.2) is 81.3 Å². The molecule has 0 unspecified atom stereocenters. The normalized spacial score (nSPS) is 19.9. The molecule has 5 rings (SSSR count). The first kappa shape index (κ1) is 26.0. The fourth-order valence-electron chi connectivity index (χ4n) is 5.04. The number of aryl methyl sites for hydroxylation is 1. The van der Waals surface area contributed by atoms with Gasteiger partial charge in [-0.15, -0.1) is 11.3 Å². The Morgan fingerprint density at radius 3 is 2.84 bits per heavy atom. The van der Waals surface area contributed by atoms with Crippen molar-refractivity contribution in [3.63, 3.8) is 0 Å². The molecule has 2 aliphatic heterocycles. The first-order valence-electron chi connectivity index (χ1n) is 12.3. The number of thiophene rings is 1. The number of nitrogens with zero attached hydrogens (tertiary/aromatic N) is 4. The summed E-state index contributed by atoms with van der Waals surface area (Å²) >= 11 is 7.98. The van der Waals surface area contributed by atoms with E-state index >= 15 is 0 Å². The Bertz CT molecular complexity index is 1360. The minimum absolute atomic E-state index is 0.00709. The molecule has 4 heterocycles. The van der Waals surface area contributed by atoms with Crippen molar-refractivity contribution in [1.82, 2.24) is 25.1 Å². The van der Waals surface area contributed by atoms with Crippen LogP contribution >= 0.6 is 22.9 Å². The number of nitrogens with one attached hydrogen (secondary N) is 1. The van der Waals surface area contributed by atoms with Crippen molar-refractivity contribution < 1.29 is 19.4 Å². The Morgan fingerprint density at radius 1 is 1.27 bits per heavy atom. The van der Waals surface area contributed by atoms with Crippen molar-refractivity contribution in [1.29, 1.82) is 0 Å². The second-order valence-electron chi connectivity index (χ2n) is 10.1. The molecule has 3 amide bonds. The minimum atomic E-state index is -0.389. The van der Waals surface area contributed by atoms with Gasteiger partial charge in [0.05, 0.1) is 40.8 Å². The molecular formula is C26H30ClN5O4S. The molecule has 0 aliphatic carbocycles. The van der Waals surface area contributed by atoms with Gasteiger partial charge in [-0.1, -0.05) is 11.6 Å². The molecule has 3 aromatic rings. The maximum Gasteiger partial charge on any atom is 0.327 e. The Hall–Kier alpha value is -2.63. The highest BCUT2D eigenvalue weighted by molar-refractivity contribution is 7.19. The molecule has 196 valence electrons. The van der Waals surface area contributed by atoms with E-state index in [0.717, 1.165) is 50.6 Å². The summed E-state index contributed by atoms with van der Waals surface area (Å²) < 4.78 is 7.22. The van der Waals surface area contributed by atoms with E-state index < -0.39 is 0 Å². The highest BCUT2D eigenvalue weighted by Gasteiger charge is 2.36. The van der Waals surface area contributed by atoms with Crippen molar-refractivity contribution in [3.05, 3.63) is 45.6 Å². The van der Waals surface area contributed by atoms with Crippen LogP contribution in [0.3, 0.4) is 0 Å². The third kappa shape index (κ3) is 5.35. The minimum Gasteiger partial charge on any atom is -0.395 e. The van der Waals surface area contributed by atoms with Gasteiger partial charge in [-0.3, -0.25) is 9.69 Å². The van der Waals surface area contributed by atoms with E-state index in [1.165, 1.54) is 27.5 Å². The fourth-order valence-corrected chi connectivity index (χ4v) is 6.41. The number of imide groups is 1. The van der Waals surface area contributed by atoms with Crippen LogP contribution in [0.1, 0.15) is 29.9 Å². The van der Waals surface area contributed by atoms with Gasteiger partial charge in [-0.25, -0.2) is 14.8 Å². The SMILES string of the molecule is Cc1cc(Cl)cc(-c2ncnc3cc(CN4C(=O)CN(CCO)C4=O)sc23)c1C[C@@H]1CNCC(C)(C)O1. The number of halogens is 1. The third-order valence-electron chi connectivity index (χ3n) is 6.71. The predicted octanol–water partition coefficient (Wildman–Crippen LogP) is 3.39. The molecule has 37 heavy (non-hydrogen) atoms. The van der Waals surface area contributed by atoms with Crippen LogP contribution in [-0.2, 0) is 22.5 Å². The zero-order valence-electron chi connectivity index (χ0n) is 21.1. The smallest absolute Gasteiger partial charge is 0.327 e. The topological polar surface area (TPSA) is 108 Å². The number of ether oxygens (including phenoxy) is 1. The van der Waals surface area contributed by atoms with Crippen molar-refractivity contribution in [2.75, 3.05) is 32.8 Å². The van der Waals surface area contributed by atoms with E-state index in [2.05, 4.69) is 29.1 Å². The van der Waals surface area contributed by atoms with Crippen molar-refractivity contribution in [2.24, 2.45) is 0 Å². The molecule has 0 radical (unpaired) electrons. The summed E-state index contributed by atoms with van der Waals surface area (Å²) in [6.07, 6.45) is 2.24. The third-order valence-corrected chi connectivity index (χ3v) is 8.04. The molecule has 2 fully saturated rings. The van der Waals surface area contributed by atoms with Crippen LogP contribution in [0.25, 0.3) is 21.5 Å². The Kier molecular flexibility index (Phi) is 7.21. The zero-order chi connectivity index (χ0) is 26.3. The number of urea groups is 1. The highest BCUT2D eigenvalue weighted by atomic mass is 35.5. The summed E-state index contributed by atoms with van der Waals surface area (Å²) in [6, 6.07) is 5.41. The number of rotatable bonds is 7. The summed E-state index contributed by atoms with van der Waals surface area (Å²) in [6.45, 7) is 7.87. The van der Waals surface area contributed by atoms with E-state index in [-0.39, 0.29) is 49.9 Å². The summed E-state index contributed by atoms with van der Waals surface area (Å²) in [7, 11) is 0. The van der Waals surface area contributed by atoms with Crippen molar-refractivity contribution in [3.8, 4) is 11.3 Å². The van der Waals surface area contributed by atoms with Crippen molar-refractivity contribution >= 4 is 45.1 Å². The monoisotopic (exact) mass is 543 g/mol. The molecular weight excluding hydrogens is 514 g/mol. The maximum atomic E-state index is 12.6. The first-order valence-corrected chi connectivity index (χ1v) is 13.5. The number of benzene rings is 1. The second kappa shape index (κ2) is 10.3. The molecule has 2 N–H and O–H groups in total. The van der Waals surface area contributed by atoms with Crippen LogP contribution in [0.5, 0.6) is 0 Å². The van der Waals surface area contributed by atoms with E-state index in [0.29, 0.717) is 11.4 Å². The number of morpholine rings is 1. The predicted molar refractivity (Wildman–Crippen MR) is 143 cm³/mol. The van der Waals surface area contributed by atoms with E-state index in [1.807, 2.05) is 25.1 Å². The summed E-state index contributed by atoms with van der Waals surface area (Å²) in [5, 5.41) is 13.3. The number of fused-ring (bicyclic) bond motifs is 1. The van der Waals surface area contributed by atoms with Gasteiger partial charge in [0, 0.05) is 41.5 Å². The van der Waals surface area contributed by atoms with Crippen LogP contribution < -0.4 is 5.32 Å². The second-order valence-corrected chi connectivity index (χ2v) is 11.7. The van der Waals surface area contributed by atoms with Gasteiger partial charge in [0.2, 0.25) is 0 Å². The fraction of sp³-hybridized carbons (Fsp3) is 0.462. The number of hydrogen-bond donors (Lipinski definition) is 2. The summed E-state index contributed by atoms with van der Waals surface area (Å²) in [5.41, 5.74) is 4.39. The molecule has 11 heteroatoms. The molecule has 0 spiro atoms. The van der Waals surface area contributed by atoms with Gasteiger partial charge in [0.15, 0.2) is 0 Å². The lowest BCUT2D eigenvalue weighted by molar-refractivity contribution is -0.125. The largest absolute Gasteiger partial charge is 0.395 e. The van der Waals surface area contributed by atoms with Crippen LogP contribution in [0.4, 0.5) is 4.79 Å². The quantitative estimate of drug-likeness (QED) is 0.440. The molecule has 1 aromatic carbocycles. The Balaban J connectivity index is 1.49. The van der Waals surface area contributed by atoms with E-state index in [4.69, 9.17) is 16.3 Å². The standard InChI is InChI=1S/C26H30ClN5O4S/c1-15-6-16(27)7-20(19(15)8-17-10-28-13-26(2,3)36-17)23-24-21(29-14-30-23)9-18(37-24)11-32-22(34)12-31(4-5-33)25(32)35/h6-7,9,14,17,28,33H,4-5,8,10-13H2,1-3H3/t17-/m1/s1. The van der Waals surface area contributed by atoms with Gasteiger partial charge in [-0.2, -0.15) is 0 Å². The van der Waals surface area contributed by atoms with E-state index in [1.54, 1.807) is 0 Å². The molecule has 1 atom stereocenters. The number of aromatic nitrogens is 2. The molecule has 2 aromatic heterocycles. The number of carbonyl (C=O) groups is 2. The molecule has 2 saturated heterocycles. The van der Waals surface area contributed by atoms with Crippen LogP contribution in [0, 0.1) is 6.92 Å². The highest BCUT2D eigenvalue weighted by Crippen LogP contribution is 2.38. The van der Waals surface area contributed by atoms with Gasteiger partial charge in [-0.05, 0) is 50.1 Å². The molecule has 2 aliphatic rings. The zero-order valence-corrected chi connectivity index (χ0v) is 22.7. The average molecular weight is 544 g/mol. The van der Waals surface area contributed by atoms with Gasteiger partial charge in [0.1, 0.15) is 12.9 Å². The number of aliphatic hydroxyl groups excluding tert-OH is 1. The number of hydrogen-bond acceptors (Lipinski definition) is 8. The lowest BCUT2D eigenvalue weighted by atomic mass is 9.93. The van der Waals surface area contributed by atoms with Gasteiger partial charge < -0.3 is 20.1 Å². The van der Waals surface area contributed by atoms with E-state index in [9.17, 15) is 14.7 Å². The number of amides is 3. The Morgan fingerprint density at radius 2 is 2.08 bits per heavy atom. The van der Waals surface area contributed by atoms with Crippen LogP contribution in [0.2, 0.25) is 5.02 Å². The van der Waals surface area contributed by atoms with Gasteiger partial charge >= 0.3 is 6.03 Å². The van der Waals surface area contributed by atoms with Gasteiger partial charge in [0.25, 0.3) is 5.91 Å². The lowest BCUT2D eigenvalue weighted by Gasteiger charge is -2.37. The number of aliphatic hydroxyl groups is 1. The summed E-state index contributed by atoms with van der Waals surface area (Å²) in [4.78, 5) is 37.6. The molecule has 9 nitrogen and oxygen atoms in total. The maximum absolute atomic E-state index is 12.6.